The van der Waals surface area contributed by atoms with E-state index in [1.807, 2.05) is 44.2 Å². The third kappa shape index (κ3) is 4.32. The van der Waals surface area contributed by atoms with Crippen LogP contribution in [0.25, 0.3) is 0 Å². The molecule has 1 N–H and O–H groups in total. The second kappa shape index (κ2) is 8.17. The highest BCUT2D eigenvalue weighted by Gasteiger charge is 2.12. The van der Waals surface area contributed by atoms with Gasteiger partial charge >= 0.3 is 0 Å². The van der Waals surface area contributed by atoms with Crippen LogP contribution in [0.2, 0.25) is 0 Å². The maximum atomic E-state index is 12.2. The van der Waals surface area contributed by atoms with Gasteiger partial charge in [0.1, 0.15) is 5.82 Å². The SMILES string of the molecule is CCN(CC)C(=O)c1ccc(NCCc2ccccc2)nc1. The van der Waals surface area contributed by atoms with E-state index in [1.165, 1.54) is 5.56 Å². The molecular formula is C18H23N3O. The molecule has 1 heterocycles. The third-order valence-corrected chi connectivity index (χ3v) is 3.62. The average molecular weight is 297 g/mol. The summed E-state index contributed by atoms with van der Waals surface area (Å²) in [6.45, 7) is 6.21. The summed E-state index contributed by atoms with van der Waals surface area (Å²) in [5.41, 5.74) is 1.93. The minimum absolute atomic E-state index is 0.0355. The van der Waals surface area contributed by atoms with Crippen molar-refractivity contribution in [1.29, 1.82) is 0 Å². The minimum atomic E-state index is 0.0355. The van der Waals surface area contributed by atoms with Crippen LogP contribution in [-0.2, 0) is 6.42 Å². The van der Waals surface area contributed by atoms with E-state index in [-0.39, 0.29) is 5.91 Å². The molecule has 1 aromatic heterocycles. The molecule has 0 aliphatic rings. The largest absolute Gasteiger partial charge is 0.370 e. The summed E-state index contributed by atoms with van der Waals surface area (Å²) in [4.78, 5) is 18.3. The van der Waals surface area contributed by atoms with Gasteiger partial charge in [0.15, 0.2) is 0 Å². The summed E-state index contributed by atoms with van der Waals surface area (Å²) in [7, 11) is 0. The molecule has 0 saturated carbocycles. The number of nitrogens with zero attached hydrogens (tertiary/aromatic N) is 2. The van der Waals surface area contributed by atoms with Crippen molar-refractivity contribution >= 4 is 11.7 Å². The quantitative estimate of drug-likeness (QED) is 0.853. The molecule has 0 aliphatic carbocycles. The van der Waals surface area contributed by atoms with Gasteiger partial charge in [-0.1, -0.05) is 30.3 Å². The van der Waals surface area contributed by atoms with E-state index in [2.05, 4.69) is 22.4 Å². The zero-order chi connectivity index (χ0) is 15.8. The molecule has 1 amide bonds. The smallest absolute Gasteiger partial charge is 0.255 e. The van der Waals surface area contributed by atoms with Gasteiger partial charge in [0.25, 0.3) is 5.91 Å². The van der Waals surface area contributed by atoms with Crippen LogP contribution in [-0.4, -0.2) is 35.4 Å². The molecular weight excluding hydrogens is 274 g/mol. The van der Waals surface area contributed by atoms with E-state index >= 15 is 0 Å². The molecule has 0 atom stereocenters. The predicted octanol–water partition coefficient (Wildman–Crippen LogP) is 3.22. The highest BCUT2D eigenvalue weighted by Crippen LogP contribution is 2.08. The van der Waals surface area contributed by atoms with Crippen molar-refractivity contribution in [2.24, 2.45) is 0 Å². The lowest BCUT2D eigenvalue weighted by molar-refractivity contribution is 0.0772. The molecule has 2 aromatic rings. The Bertz CT molecular complexity index is 577. The monoisotopic (exact) mass is 297 g/mol. The molecule has 116 valence electrons. The summed E-state index contributed by atoms with van der Waals surface area (Å²) in [6.07, 6.45) is 2.59. The van der Waals surface area contributed by atoms with Gasteiger partial charge in [-0.25, -0.2) is 4.98 Å². The first kappa shape index (κ1) is 16.0. The maximum absolute atomic E-state index is 12.2. The first-order chi connectivity index (χ1) is 10.7. The number of benzene rings is 1. The number of hydrogen-bond donors (Lipinski definition) is 1. The van der Waals surface area contributed by atoms with Crippen molar-refractivity contribution in [3.05, 3.63) is 59.8 Å². The molecule has 4 heteroatoms. The maximum Gasteiger partial charge on any atom is 0.255 e. The lowest BCUT2D eigenvalue weighted by Crippen LogP contribution is -2.30. The van der Waals surface area contributed by atoms with Crippen LogP contribution in [0.1, 0.15) is 29.8 Å². The summed E-state index contributed by atoms with van der Waals surface area (Å²) in [6, 6.07) is 14.0. The average Bonchev–Trinajstić information content (AvgIpc) is 2.57. The van der Waals surface area contributed by atoms with Gasteiger partial charge < -0.3 is 10.2 Å². The van der Waals surface area contributed by atoms with Crippen molar-refractivity contribution in [2.45, 2.75) is 20.3 Å². The fourth-order valence-electron chi connectivity index (χ4n) is 2.30. The first-order valence-electron chi connectivity index (χ1n) is 7.77. The van der Waals surface area contributed by atoms with E-state index in [1.54, 1.807) is 11.1 Å². The predicted molar refractivity (Wildman–Crippen MR) is 90.1 cm³/mol. The van der Waals surface area contributed by atoms with Crippen LogP contribution in [0.3, 0.4) is 0 Å². The Morgan fingerprint density at radius 3 is 2.41 bits per heavy atom. The highest BCUT2D eigenvalue weighted by atomic mass is 16.2. The summed E-state index contributed by atoms with van der Waals surface area (Å²) < 4.78 is 0. The Kier molecular flexibility index (Phi) is 5.95. The first-order valence-corrected chi connectivity index (χ1v) is 7.77. The standard InChI is InChI=1S/C18H23N3O/c1-3-21(4-2)18(22)16-10-11-17(20-14-16)19-13-12-15-8-6-5-7-9-15/h5-11,14H,3-4,12-13H2,1-2H3,(H,19,20). The van der Waals surface area contributed by atoms with Crippen molar-refractivity contribution in [1.82, 2.24) is 9.88 Å². The molecule has 2 rings (SSSR count). The number of hydrogen-bond acceptors (Lipinski definition) is 3. The van der Waals surface area contributed by atoms with Gasteiger partial charge in [-0.2, -0.15) is 0 Å². The zero-order valence-corrected chi connectivity index (χ0v) is 13.2. The Morgan fingerprint density at radius 1 is 1.09 bits per heavy atom. The Labute approximate surface area is 132 Å². The zero-order valence-electron chi connectivity index (χ0n) is 13.2. The van der Waals surface area contributed by atoms with E-state index in [0.29, 0.717) is 18.7 Å². The molecule has 0 bridgehead atoms. The van der Waals surface area contributed by atoms with Gasteiger partial charge in [-0.15, -0.1) is 0 Å². The number of rotatable bonds is 7. The van der Waals surface area contributed by atoms with Gasteiger partial charge in [-0.05, 0) is 38.0 Å². The molecule has 22 heavy (non-hydrogen) atoms. The number of aromatic nitrogens is 1. The molecule has 0 aliphatic heterocycles. The Hall–Kier alpha value is -2.36. The van der Waals surface area contributed by atoms with Gasteiger partial charge in [-0.3, -0.25) is 4.79 Å². The van der Waals surface area contributed by atoms with Crippen molar-refractivity contribution in [2.75, 3.05) is 25.0 Å². The molecule has 0 saturated heterocycles. The minimum Gasteiger partial charge on any atom is -0.370 e. The number of carbonyl (C=O) groups is 1. The topological polar surface area (TPSA) is 45.2 Å². The lowest BCUT2D eigenvalue weighted by Gasteiger charge is -2.18. The fraction of sp³-hybridized carbons (Fsp3) is 0.333. The number of carbonyl (C=O) groups excluding carboxylic acids is 1. The van der Waals surface area contributed by atoms with Crippen LogP contribution < -0.4 is 5.32 Å². The number of pyridine rings is 1. The molecule has 4 nitrogen and oxygen atoms in total. The summed E-state index contributed by atoms with van der Waals surface area (Å²) >= 11 is 0. The molecule has 0 fully saturated rings. The van der Waals surface area contributed by atoms with Crippen molar-refractivity contribution in [3.8, 4) is 0 Å². The van der Waals surface area contributed by atoms with Crippen molar-refractivity contribution < 1.29 is 4.79 Å². The number of nitrogens with one attached hydrogen (secondary N) is 1. The van der Waals surface area contributed by atoms with Crippen LogP contribution in [0.15, 0.2) is 48.7 Å². The second-order valence-corrected chi connectivity index (χ2v) is 5.07. The lowest BCUT2D eigenvalue weighted by atomic mass is 10.1. The summed E-state index contributed by atoms with van der Waals surface area (Å²) in [5.74, 6) is 0.834. The second-order valence-electron chi connectivity index (χ2n) is 5.07. The third-order valence-electron chi connectivity index (χ3n) is 3.62. The van der Waals surface area contributed by atoms with Crippen LogP contribution in [0.4, 0.5) is 5.82 Å². The van der Waals surface area contributed by atoms with Crippen LogP contribution in [0, 0.1) is 0 Å². The van der Waals surface area contributed by atoms with E-state index in [0.717, 1.165) is 18.8 Å². The number of amides is 1. The van der Waals surface area contributed by atoms with Crippen LogP contribution in [0.5, 0.6) is 0 Å². The van der Waals surface area contributed by atoms with Crippen LogP contribution >= 0.6 is 0 Å². The number of anilines is 1. The van der Waals surface area contributed by atoms with E-state index in [4.69, 9.17) is 0 Å². The summed E-state index contributed by atoms with van der Waals surface area (Å²) in [5, 5.41) is 3.28. The van der Waals surface area contributed by atoms with Crippen molar-refractivity contribution in [3.63, 3.8) is 0 Å². The highest BCUT2D eigenvalue weighted by molar-refractivity contribution is 5.94. The van der Waals surface area contributed by atoms with Gasteiger partial charge in [0, 0.05) is 25.8 Å². The molecule has 1 aromatic carbocycles. The van der Waals surface area contributed by atoms with Gasteiger partial charge in [0.05, 0.1) is 5.56 Å². The Morgan fingerprint density at radius 2 is 1.82 bits per heavy atom. The van der Waals surface area contributed by atoms with Gasteiger partial charge in [0.2, 0.25) is 0 Å². The molecule has 0 radical (unpaired) electrons. The fourth-order valence-corrected chi connectivity index (χ4v) is 2.30. The molecule has 0 unspecified atom stereocenters. The van der Waals surface area contributed by atoms with E-state index < -0.39 is 0 Å². The van der Waals surface area contributed by atoms with E-state index in [9.17, 15) is 4.79 Å². The molecule has 0 spiro atoms. The Balaban J connectivity index is 1.88. The normalized spacial score (nSPS) is 10.3.